The van der Waals surface area contributed by atoms with Crippen molar-refractivity contribution in [3.63, 3.8) is 0 Å². The Morgan fingerprint density at radius 2 is 1.67 bits per heavy atom. The number of hydrogen-bond acceptors (Lipinski definition) is 2. The largest absolute Gasteiger partial charge is 0.396 e. The molecule has 0 aromatic carbocycles. The Morgan fingerprint density at radius 1 is 1.06 bits per heavy atom. The fourth-order valence-corrected chi connectivity index (χ4v) is 3.48. The van der Waals surface area contributed by atoms with Crippen LogP contribution >= 0.6 is 0 Å². The average Bonchev–Trinajstić information content (AvgIpc) is 2.70. The first-order chi connectivity index (χ1) is 8.76. The van der Waals surface area contributed by atoms with E-state index in [1.807, 2.05) is 0 Å². The third-order valence-corrected chi connectivity index (χ3v) is 4.86. The van der Waals surface area contributed by atoms with Crippen LogP contribution in [0.4, 0.5) is 0 Å². The van der Waals surface area contributed by atoms with Crippen LogP contribution < -0.4 is 5.32 Å². The summed E-state index contributed by atoms with van der Waals surface area (Å²) in [6.07, 6.45) is 11.6. The summed E-state index contributed by atoms with van der Waals surface area (Å²) in [5, 5.41) is 12.6. The highest BCUT2D eigenvalue weighted by Crippen LogP contribution is 2.37. The fraction of sp³-hybridized carbons (Fsp3) is 0.933. The van der Waals surface area contributed by atoms with Crippen LogP contribution in [0.5, 0.6) is 0 Å². The van der Waals surface area contributed by atoms with E-state index in [0.717, 1.165) is 25.7 Å². The number of amides is 1. The Bertz CT molecular complexity index is 264. The van der Waals surface area contributed by atoms with E-state index in [9.17, 15) is 9.90 Å². The van der Waals surface area contributed by atoms with Crippen molar-refractivity contribution >= 4 is 5.91 Å². The Kier molecular flexibility index (Phi) is 5.04. The molecule has 1 amide bonds. The lowest BCUT2D eigenvalue weighted by Gasteiger charge is -2.27. The summed E-state index contributed by atoms with van der Waals surface area (Å²) >= 11 is 0. The van der Waals surface area contributed by atoms with E-state index in [0.29, 0.717) is 6.54 Å². The second-order valence-corrected chi connectivity index (χ2v) is 6.27. The quantitative estimate of drug-likeness (QED) is 0.757. The number of rotatable bonds is 4. The maximum Gasteiger partial charge on any atom is 0.223 e. The van der Waals surface area contributed by atoms with E-state index >= 15 is 0 Å². The minimum Gasteiger partial charge on any atom is -0.396 e. The lowest BCUT2D eigenvalue weighted by Crippen LogP contribution is -2.40. The fourth-order valence-electron chi connectivity index (χ4n) is 3.48. The molecule has 0 aromatic heterocycles. The van der Waals surface area contributed by atoms with Gasteiger partial charge in [0.25, 0.3) is 0 Å². The number of carbonyl (C=O) groups is 1. The van der Waals surface area contributed by atoms with Crippen molar-refractivity contribution < 1.29 is 9.90 Å². The van der Waals surface area contributed by atoms with Crippen LogP contribution in [0.3, 0.4) is 0 Å². The smallest absolute Gasteiger partial charge is 0.223 e. The Balaban J connectivity index is 1.79. The zero-order valence-electron chi connectivity index (χ0n) is 11.4. The minimum atomic E-state index is -0.0135. The third-order valence-electron chi connectivity index (χ3n) is 4.86. The highest BCUT2D eigenvalue weighted by Gasteiger charge is 2.34. The molecule has 2 saturated carbocycles. The minimum absolute atomic E-state index is 0.0135. The van der Waals surface area contributed by atoms with Gasteiger partial charge in [0.05, 0.1) is 6.61 Å². The molecule has 104 valence electrons. The summed E-state index contributed by atoms with van der Waals surface area (Å²) in [6.45, 7) is 0.900. The van der Waals surface area contributed by atoms with Crippen LogP contribution in [-0.4, -0.2) is 24.2 Å². The topological polar surface area (TPSA) is 49.3 Å². The molecular weight excluding hydrogens is 226 g/mol. The summed E-state index contributed by atoms with van der Waals surface area (Å²) in [7, 11) is 0. The van der Waals surface area contributed by atoms with Crippen LogP contribution in [0, 0.1) is 11.3 Å². The van der Waals surface area contributed by atoms with Crippen molar-refractivity contribution in [3.8, 4) is 0 Å². The number of aliphatic hydroxyl groups is 1. The summed E-state index contributed by atoms with van der Waals surface area (Å²) in [4.78, 5) is 12.2. The van der Waals surface area contributed by atoms with E-state index in [1.54, 1.807) is 0 Å². The van der Waals surface area contributed by atoms with Crippen molar-refractivity contribution in [1.29, 1.82) is 0 Å². The maximum absolute atomic E-state index is 12.2. The van der Waals surface area contributed by atoms with E-state index < -0.39 is 0 Å². The summed E-state index contributed by atoms with van der Waals surface area (Å²) in [5.41, 5.74) is -0.0135. The predicted octanol–water partition coefficient (Wildman–Crippen LogP) is 2.63. The molecule has 2 rings (SSSR count). The van der Waals surface area contributed by atoms with Gasteiger partial charge in [-0.25, -0.2) is 0 Å². The van der Waals surface area contributed by atoms with Gasteiger partial charge in [0.2, 0.25) is 5.91 Å². The number of aliphatic hydroxyl groups excluding tert-OH is 1. The van der Waals surface area contributed by atoms with Crippen molar-refractivity contribution in [2.24, 2.45) is 11.3 Å². The van der Waals surface area contributed by atoms with E-state index in [-0.39, 0.29) is 23.8 Å². The van der Waals surface area contributed by atoms with E-state index in [2.05, 4.69) is 5.32 Å². The predicted molar refractivity (Wildman–Crippen MR) is 72.2 cm³/mol. The SMILES string of the molecule is O=C(NCC1(CO)CCCC1)C1CCCCCC1. The van der Waals surface area contributed by atoms with Gasteiger partial charge in [-0.2, -0.15) is 0 Å². The summed E-state index contributed by atoms with van der Waals surface area (Å²) in [5.74, 6) is 0.460. The molecule has 0 heterocycles. The van der Waals surface area contributed by atoms with Gasteiger partial charge in [0, 0.05) is 17.9 Å². The Morgan fingerprint density at radius 3 is 2.22 bits per heavy atom. The lowest BCUT2D eigenvalue weighted by atomic mass is 9.87. The maximum atomic E-state index is 12.2. The van der Waals surface area contributed by atoms with Crippen molar-refractivity contribution in [2.75, 3.05) is 13.2 Å². The Labute approximate surface area is 110 Å². The molecule has 0 atom stereocenters. The molecule has 18 heavy (non-hydrogen) atoms. The summed E-state index contributed by atoms with van der Waals surface area (Å²) in [6, 6.07) is 0. The number of nitrogens with one attached hydrogen (secondary N) is 1. The van der Waals surface area contributed by atoms with Gasteiger partial charge in [0.1, 0.15) is 0 Å². The molecule has 2 N–H and O–H groups in total. The molecule has 0 aromatic rings. The zero-order chi connectivity index (χ0) is 12.8. The van der Waals surface area contributed by atoms with Crippen molar-refractivity contribution in [3.05, 3.63) is 0 Å². The first-order valence-electron chi connectivity index (χ1n) is 7.64. The molecule has 0 aliphatic heterocycles. The van der Waals surface area contributed by atoms with E-state index in [1.165, 1.54) is 38.5 Å². The first-order valence-corrected chi connectivity index (χ1v) is 7.64. The monoisotopic (exact) mass is 253 g/mol. The van der Waals surface area contributed by atoms with Gasteiger partial charge in [-0.3, -0.25) is 4.79 Å². The van der Waals surface area contributed by atoms with Crippen LogP contribution in [0.1, 0.15) is 64.2 Å². The lowest BCUT2D eigenvalue weighted by molar-refractivity contribution is -0.126. The molecule has 2 fully saturated rings. The highest BCUT2D eigenvalue weighted by molar-refractivity contribution is 5.78. The molecule has 0 unspecified atom stereocenters. The molecular formula is C15H27NO2. The molecule has 0 radical (unpaired) electrons. The second kappa shape index (κ2) is 6.55. The van der Waals surface area contributed by atoms with Gasteiger partial charge in [-0.15, -0.1) is 0 Å². The van der Waals surface area contributed by atoms with Gasteiger partial charge >= 0.3 is 0 Å². The van der Waals surface area contributed by atoms with Gasteiger partial charge in [-0.05, 0) is 25.7 Å². The molecule has 2 aliphatic carbocycles. The third kappa shape index (κ3) is 3.47. The molecule has 0 bridgehead atoms. The normalized spacial score (nSPS) is 24.7. The van der Waals surface area contributed by atoms with Crippen LogP contribution in [0.2, 0.25) is 0 Å². The number of hydrogen-bond donors (Lipinski definition) is 2. The van der Waals surface area contributed by atoms with Crippen LogP contribution in [0.15, 0.2) is 0 Å². The molecule has 0 saturated heterocycles. The Hall–Kier alpha value is -0.570. The standard InChI is InChI=1S/C15H27NO2/c17-12-15(9-5-6-10-15)11-16-14(18)13-7-3-1-2-4-8-13/h13,17H,1-12H2,(H,16,18). The zero-order valence-corrected chi connectivity index (χ0v) is 11.4. The van der Waals surface area contributed by atoms with Gasteiger partial charge < -0.3 is 10.4 Å². The molecule has 3 heteroatoms. The van der Waals surface area contributed by atoms with Crippen LogP contribution in [-0.2, 0) is 4.79 Å². The number of carbonyl (C=O) groups excluding carboxylic acids is 1. The van der Waals surface area contributed by atoms with Gasteiger partial charge in [0.15, 0.2) is 0 Å². The van der Waals surface area contributed by atoms with Crippen molar-refractivity contribution in [1.82, 2.24) is 5.32 Å². The molecule has 2 aliphatic rings. The molecule has 3 nitrogen and oxygen atoms in total. The summed E-state index contributed by atoms with van der Waals surface area (Å²) < 4.78 is 0. The van der Waals surface area contributed by atoms with Crippen LogP contribution in [0.25, 0.3) is 0 Å². The first kappa shape index (κ1) is 13.9. The van der Waals surface area contributed by atoms with E-state index in [4.69, 9.17) is 0 Å². The average molecular weight is 253 g/mol. The highest BCUT2D eigenvalue weighted by atomic mass is 16.3. The second-order valence-electron chi connectivity index (χ2n) is 6.27. The van der Waals surface area contributed by atoms with Gasteiger partial charge in [-0.1, -0.05) is 38.5 Å². The van der Waals surface area contributed by atoms with Crippen molar-refractivity contribution in [2.45, 2.75) is 64.2 Å². The molecule has 0 spiro atoms.